The van der Waals surface area contributed by atoms with Gasteiger partial charge < -0.3 is 24.8 Å². The van der Waals surface area contributed by atoms with Gasteiger partial charge in [-0.1, -0.05) is 6.07 Å². The molecule has 3 fully saturated rings. The second-order valence-corrected chi connectivity index (χ2v) is 9.58. The number of benzene rings is 1. The fraction of sp³-hybridized carbons (Fsp3) is 0.480. The van der Waals surface area contributed by atoms with Crippen LogP contribution in [0.3, 0.4) is 0 Å². The Morgan fingerprint density at radius 1 is 1.00 bits per heavy atom. The SMILES string of the molecule is COc1ncc(-c2ccc(-c3cnc(N(C4CC4)[C@@H]4C[C@@H]5CC[C@H](N5)[C@@H]4F)nn3)c(O)c2)nc1OC. The van der Waals surface area contributed by atoms with Crippen LogP contribution < -0.4 is 19.7 Å². The third-order valence-corrected chi connectivity index (χ3v) is 7.30. The highest BCUT2D eigenvalue weighted by molar-refractivity contribution is 5.72. The average Bonchev–Trinajstić information content (AvgIpc) is 3.66. The van der Waals surface area contributed by atoms with Crippen LogP contribution in [0.15, 0.2) is 30.6 Å². The van der Waals surface area contributed by atoms with E-state index in [9.17, 15) is 5.11 Å². The fourth-order valence-electron chi connectivity index (χ4n) is 5.37. The number of aromatic nitrogens is 5. The van der Waals surface area contributed by atoms with Crippen molar-refractivity contribution in [1.82, 2.24) is 30.5 Å². The molecule has 0 spiro atoms. The number of halogens is 1. The number of ether oxygens (including phenoxy) is 2. The number of phenolic OH excluding ortho intramolecular Hbond substituents is 1. The number of piperidine rings is 1. The minimum Gasteiger partial charge on any atom is -0.507 e. The highest BCUT2D eigenvalue weighted by Crippen LogP contribution is 2.40. The predicted octanol–water partition coefficient (Wildman–Crippen LogP) is 2.92. The number of nitrogens with zero attached hydrogens (tertiary/aromatic N) is 6. The van der Waals surface area contributed by atoms with E-state index in [-0.39, 0.29) is 35.6 Å². The summed E-state index contributed by atoms with van der Waals surface area (Å²) in [5.74, 6) is 0.986. The Balaban J connectivity index is 1.25. The van der Waals surface area contributed by atoms with E-state index in [1.165, 1.54) is 14.2 Å². The molecule has 2 saturated heterocycles. The van der Waals surface area contributed by atoms with Gasteiger partial charge in [-0.15, -0.1) is 10.2 Å². The molecule has 2 N–H and O–H groups in total. The Bertz CT molecular complexity index is 1260. The molecule has 10 nitrogen and oxygen atoms in total. The number of nitrogens with one attached hydrogen (secondary N) is 1. The lowest BCUT2D eigenvalue weighted by molar-refractivity contribution is 0.171. The van der Waals surface area contributed by atoms with E-state index in [0.29, 0.717) is 34.5 Å². The maximum atomic E-state index is 15.3. The van der Waals surface area contributed by atoms with Gasteiger partial charge in [0.1, 0.15) is 17.6 Å². The van der Waals surface area contributed by atoms with E-state index in [4.69, 9.17) is 9.47 Å². The van der Waals surface area contributed by atoms with Crippen LogP contribution in [0.5, 0.6) is 17.5 Å². The van der Waals surface area contributed by atoms with Crippen LogP contribution in [0.1, 0.15) is 32.1 Å². The van der Waals surface area contributed by atoms with Crippen molar-refractivity contribution in [1.29, 1.82) is 0 Å². The van der Waals surface area contributed by atoms with E-state index >= 15 is 4.39 Å². The number of phenols is 1. The molecule has 0 radical (unpaired) electrons. The maximum Gasteiger partial charge on any atom is 0.278 e. The Labute approximate surface area is 207 Å². The smallest absolute Gasteiger partial charge is 0.278 e. The largest absolute Gasteiger partial charge is 0.507 e. The first-order chi connectivity index (χ1) is 17.6. The minimum absolute atomic E-state index is 0.00531. The van der Waals surface area contributed by atoms with Crippen LogP contribution >= 0.6 is 0 Å². The molecule has 0 unspecified atom stereocenters. The van der Waals surface area contributed by atoms with E-state index < -0.39 is 6.17 Å². The summed E-state index contributed by atoms with van der Waals surface area (Å²) in [6, 6.07) is 5.40. The molecule has 2 aromatic heterocycles. The number of hydrogen-bond acceptors (Lipinski definition) is 10. The Morgan fingerprint density at radius 2 is 1.81 bits per heavy atom. The molecule has 1 saturated carbocycles. The first-order valence-corrected chi connectivity index (χ1v) is 12.2. The molecule has 4 atom stereocenters. The van der Waals surface area contributed by atoms with E-state index in [0.717, 1.165) is 32.1 Å². The van der Waals surface area contributed by atoms with Gasteiger partial charge in [0.05, 0.1) is 38.3 Å². The summed E-state index contributed by atoms with van der Waals surface area (Å²) in [5.41, 5.74) is 2.08. The first-order valence-electron chi connectivity index (χ1n) is 12.2. The number of rotatable bonds is 7. The van der Waals surface area contributed by atoms with Gasteiger partial charge in [-0.25, -0.2) is 19.3 Å². The summed E-state index contributed by atoms with van der Waals surface area (Å²) in [6.07, 6.45) is 6.85. The van der Waals surface area contributed by atoms with Gasteiger partial charge in [0.15, 0.2) is 0 Å². The molecule has 2 aliphatic heterocycles. The van der Waals surface area contributed by atoms with Gasteiger partial charge in [0.25, 0.3) is 11.8 Å². The lowest BCUT2D eigenvalue weighted by Gasteiger charge is -2.40. The number of fused-ring (bicyclic) bond motifs is 2. The molecular formula is C25H28FN7O3. The van der Waals surface area contributed by atoms with Crippen molar-refractivity contribution < 1.29 is 19.0 Å². The molecule has 6 rings (SSSR count). The minimum atomic E-state index is -0.955. The molecule has 3 aliphatic rings. The molecule has 4 heterocycles. The van der Waals surface area contributed by atoms with Gasteiger partial charge in [-0.3, -0.25) is 0 Å². The Hall–Kier alpha value is -3.60. The molecule has 1 aromatic carbocycles. The summed E-state index contributed by atoms with van der Waals surface area (Å²) in [4.78, 5) is 15.2. The number of anilines is 1. The molecule has 2 bridgehead atoms. The fourth-order valence-corrected chi connectivity index (χ4v) is 5.37. The lowest BCUT2D eigenvalue weighted by atomic mass is 9.96. The van der Waals surface area contributed by atoms with Gasteiger partial charge in [0.2, 0.25) is 5.95 Å². The number of methoxy groups -OCH3 is 2. The second-order valence-electron chi connectivity index (χ2n) is 9.58. The summed E-state index contributed by atoms with van der Waals surface area (Å²) in [6.45, 7) is 0. The van der Waals surface area contributed by atoms with Crippen LogP contribution in [0.4, 0.5) is 10.3 Å². The third kappa shape index (κ3) is 4.06. The van der Waals surface area contributed by atoms with Gasteiger partial charge in [-0.2, -0.15) is 0 Å². The quantitative estimate of drug-likeness (QED) is 0.509. The van der Waals surface area contributed by atoms with E-state index in [1.54, 1.807) is 30.6 Å². The highest BCUT2D eigenvalue weighted by Gasteiger charge is 2.48. The molecule has 0 amide bonds. The van der Waals surface area contributed by atoms with Crippen molar-refractivity contribution in [2.45, 2.75) is 62.4 Å². The molecule has 3 aromatic rings. The lowest BCUT2D eigenvalue weighted by Crippen LogP contribution is -2.57. The first kappa shape index (κ1) is 22.8. The van der Waals surface area contributed by atoms with Crippen LogP contribution in [0.25, 0.3) is 22.5 Å². The second kappa shape index (κ2) is 9.12. The van der Waals surface area contributed by atoms with Crippen molar-refractivity contribution in [3.05, 3.63) is 30.6 Å². The van der Waals surface area contributed by atoms with Crippen LogP contribution in [-0.2, 0) is 0 Å². The Morgan fingerprint density at radius 3 is 2.50 bits per heavy atom. The summed E-state index contributed by atoms with van der Waals surface area (Å²) < 4.78 is 25.6. The molecule has 11 heteroatoms. The predicted molar refractivity (Wildman–Crippen MR) is 130 cm³/mol. The van der Waals surface area contributed by atoms with Crippen molar-refractivity contribution in [3.63, 3.8) is 0 Å². The monoisotopic (exact) mass is 493 g/mol. The number of hydrogen-bond donors (Lipinski definition) is 2. The Kier molecular flexibility index (Phi) is 5.79. The summed E-state index contributed by atoms with van der Waals surface area (Å²) in [5, 5.41) is 22.9. The topological polar surface area (TPSA) is 118 Å². The summed E-state index contributed by atoms with van der Waals surface area (Å²) >= 11 is 0. The van der Waals surface area contributed by atoms with E-state index in [2.05, 4.69) is 30.5 Å². The maximum absolute atomic E-state index is 15.3. The van der Waals surface area contributed by atoms with Crippen LogP contribution in [-0.4, -0.2) is 74.8 Å². The zero-order valence-corrected chi connectivity index (χ0v) is 20.1. The van der Waals surface area contributed by atoms with Gasteiger partial charge in [-0.05, 0) is 44.2 Å². The summed E-state index contributed by atoms with van der Waals surface area (Å²) in [7, 11) is 2.98. The van der Waals surface area contributed by atoms with E-state index in [1.807, 2.05) is 4.90 Å². The molecular weight excluding hydrogens is 465 g/mol. The zero-order chi connectivity index (χ0) is 24.8. The normalized spacial score (nSPS) is 25.0. The van der Waals surface area contributed by atoms with Crippen molar-refractivity contribution >= 4 is 5.95 Å². The molecule has 36 heavy (non-hydrogen) atoms. The van der Waals surface area contributed by atoms with Crippen LogP contribution in [0, 0.1) is 0 Å². The third-order valence-electron chi connectivity index (χ3n) is 7.30. The standard InChI is InChI=1S/C25H28FN7O3/c1-35-23-24(36-2)30-18(11-27-23)13-3-7-16(21(34)9-13)19-12-28-25(32-31-19)33(15-5-6-15)20-10-14-4-8-17(29-14)22(20)26/h3,7,9,11-12,14-15,17,20,22,29,34H,4-6,8,10H2,1-2H3/t14-,17-,20+,22-/m0/s1. The van der Waals surface area contributed by atoms with Crippen molar-refractivity contribution in [3.8, 4) is 40.0 Å². The number of alkyl halides is 1. The van der Waals surface area contributed by atoms with Gasteiger partial charge >= 0.3 is 0 Å². The average molecular weight is 494 g/mol. The van der Waals surface area contributed by atoms with Crippen LogP contribution in [0.2, 0.25) is 0 Å². The van der Waals surface area contributed by atoms with Crippen molar-refractivity contribution in [2.75, 3.05) is 19.1 Å². The molecule has 188 valence electrons. The molecule has 1 aliphatic carbocycles. The number of aromatic hydroxyl groups is 1. The van der Waals surface area contributed by atoms with Gasteiger partial charge in [0, 0.05) is 29.3 Å². The van der Waals surface area contributed by atoms with Crippen molar-refractivity contribution in [2.24, 2.45) is 0 Å². The zero-order valence-electron chi connectivity index (χ0n) is 20.1. The highest BCUT2D eigenvalue weighted by atomic mass is 19.1.